The second-order valence-electron chi connectivity index (χ2n) is 6.12. The van der Waals surface area contributed by atoms with Crippen molar-refractivity contribution in [2.75, 3.05) is 32.1 Å². The van der Waals surface area contributed by atoms with E-state index in [4.69, 9.17) is 0 Å². The van der Waals surface area contributed by atoms with Gasteiger partial charge in [-0.1, -0.05) is 18.2 Å². The molecule has 0 saturated heterocycles. The minimum Gasteiger partial charge on any atom is -0.345 e. The lowest BCUT2D eigenvalue weighted by molar-refractivity contribution is -0.384. The van der Waals surface area contributed by atoms with Crippen LogP contribution in [0.2, 0.25) is 0 Å². The highest BCUT2D eigenvalue weighted by Crippen LogP contribution is 2.28. The molecule has 3 rings (SSSR count). The van der Waals surface area contributed by atoms with Gasteiger partial charge in [0.1, 0.15) is 0 Å². The van der Waals surface area contributed by atoms with Crippen LogP contribution in [0.1, 0.15) is 12.0 Å². The number of likely N-dealkylation sites (N-methyl/N-ethyl adjacent to an activating group) is 1. The molecule has 0 atom stereocenters. The van der Waals surface area contributed by atoms with Gasteiger partial charge in [-0.2, -0.15) is 0 Å². The largest absolute Gasteiger partial charge is 0.345 e. The Kier molecular flexibility index (Phi) is 4.62. The fourth-order valence-corrected chi connectivity index (χ4v) is 2.88. The van der Waals surface area contributed by atoms with Gasteiger partial charge in [0.2, 0.25) is 0 Å². The molecule has 0 N–H and O–H groups in total. The topological polar surface area (TPSA) is 49.6 Å². The van der Waals surface area contributed by atoms with Gasteiger partial charge in [0.25, 0.3) is 5.69 Å². The smallest absolute Gasteiger partial charge is 0.269 e. The van der Waals surface area contributed by atoms with Crippen molar-refractivity contribution in [2.24, 2.45) is 0 Å². The van der Waals surface area contributed by atoms with Crippen LogP contribution in [0.4, 0.5) is 17.1 Å². The molecule has 1 aliphatic rings. The second-order valence-corrected chi connectivity index (χ2v) is 6.12. The molecule has 5 nitrogen and oxygen atoms in total. The van der Waals surface area contributed by atoms with Crippen molar-refractivity contribution in [1.29, 1.82) is 0 Å². The molecule has 0 radical (unpaired) electrons. The first-order valence-electron chi connectivity index (χ1n) is 8.01. The number of benzene rings is 2. The quantitative estimate of drug-likeness (QED) is 0.628. The maximum atomic E-state index is 10.7. The zero-order valence-electron chi connectivity index (χ0n) is 14.0. The molecule has 0 fully saturated rings. The Balaban J connectivity index is 1.76. The van der Waals surface area contributed by atoms with Crippen LogP contribution >= 0.6 is 0 Å². The van der Waals surface area contributed by atoms with E-state index in [1.807, 2.05) is 11.9 Å². The molecule has 0 amide bonds. The summed E-state index contributed by atoms with van der Waals surface area (Å²) >= 11 is 0. The van der Waals surface area contributed by atoms with Crippen molar-refractivity contribution < 1.29 is 4.92 Å². The third kappa shape index (κ3) is 3.46. The number of nitro groups is 1. The average molecular weight is 323 g/mol. The summed E-state index contributed by atoms with van der Waals surface area (Å²) in [5, 5.41) is 10.7. The molecule has 1 heterocycles. The fourth-order valence-electron chi connectivity index (χ4n) is 2.88. The maximum Gasteiger partial charge on any atom is 0.269 e. The molecule has 0 aliphatic carbocycles. The summed E-state index contributed by atoms with van der Waals surface area (Å²) in [5.74, 6) is 0. The monoisotopic (exact) mass is 323 g/mol. The summed E-state index contributed by atoms with van der Waals surface area (Å²) < 4.78 is 0. The lowest BCUT2D eigenvalue weighted by Crippen LogP contribution is -2.23. The first kappa shape index (κ1) is 16.2. The van der Waals surface area contributed by atoms with E-state index in [9.17, 15) is 10.1 Å². The summed E-state index contributed by atoms with van der Waals surface area (Å²) in [6, 6.07) is 15.1. The SMILES string of the molecule is CN1CC=C(c2ccc(N(C)c3ccc([N+](=O)[O-])cc3)cc2)CC1. The van der Waals surface area contributed by atoms with Crippen molar-refractivity contribution in [2.45, 2.75) is 6.42 Å². The highest BCUT2D eigenvalue weighted by atomic mass is 16.6. The number of anilines is 2. The van der Waals surface area contributed by atoms with Crippen LogP contribution in [0.25, 0.3) is 5.57 Å². The first-order chi connectivity index (χ1) is 11.5. The first-order valence-corrected chi connectivity index (χ1v) is 8.01. The Hall–Kier alpha value is -2.66. The molecule has 0 aromatic heterocycles. The summed E-state index contributed by atoms with van der Waals surface area (Å²) in [5.41, 5.74) is 4.76. The summed E-state index contributed by atoms with van der Waals surface area (Å²) in [6.45, 7) is 2.09. The molecular formula is C19H21N3O2. The molecule has 24 heavy (non-hydrogen) atoms. The van der Waals surface area contributed by atoms with Gasteiger partial charge in [-0.15, -0.1) is 0 Å². The summed E-state index contributed by atoms with van der Waals surface area (Å²) in [6.07, 6.45) is 3.37. The Bertz CT molecular complexity index is 751. The van der Waals surface area contributed by atoms with Crippen LogP contribution in [0, 0.1) is 10.1 Å². The molecule has 2 aromatic carbocycles. The van der Waals surface area contributed by atoms with E-state index in [0.29, 0.717) is 0 Å². The van der Waals surface area contributed by atoms with E-state index in [0.717, 1.165) is 30.9 Å². The molecule has 2 aromatic rings. The van der Waals surface area contributed by atoms with Crippen molar-refractivity contribution in [1.82, 2.24) is 4.90 Å². The average Bonchev–Trinajstić information content (AvgIpc) is 2.62. The molecule has 0 bridgehead atoms. The van der Waals surface area contributed by atoms with Crippen LogP contribution in [0.15, 0.2) is 54.6 Å². The van der Waals surface area contributed by atoms with E-state index >= 15 is 0 Å². The van der Waals surface area contributed by atoms with Gasteiger partial charge in [-0.3, -0.25) is 10.1 Å². The number of non-ortho nitro benzene ring substituents is 1. The van der Waals surface area contributed by atoms with Crippen molar-refractivity contribution in [3.05, 3.63) is 70.3 Å². The van der Waals surface area contributed by atoms with Gasteiger partial charge in [-0.05, 0) is 48.9 Å². The van der Waals surface area contributed by atoms with Crippen LogP contribution < -0.4 is 4.90 Å². The van der Waals surface area contributed by atoms with E-state index in [1.165, 1.54) is 23.3 Å². The standard InChI is InChI=1S/C19H21N3O2/c1-20-13-11-16(12-14-20)15-3-5-17(6-4-15)21(2)18-7-9-19(10-8-18)22(23)24/h3-11H,12-14H2,1-2H3. The van der Waals surface area contributed by atoms with Gasteiger partial charge < -0.3 is 9.80 Å². The molecule has 0 unspecified atom stereocenters. The lowest BCUT2D eigenvalue weighted by atomic mass is 9.99. The van der Waals surface area contributed by atoms with Gasteiger partial charge in [-0.25, -0.2) is 0 Å². The van der Waals surface area contributed by atoms with Gasteiger partial charge in [0.05, 0.1) is 4.92 Å². The predicted molar refractivity (Wildman–Crippen MR) is 97.7 cm³/mol. The Morgan fingerprint density at radius 1 is 1.04 bits per heavy atom. The minimum atomic E-state index is -0.381. The minimum absolute atomic E-state index is 0.108. The highest BCUT2D eigenvalue weighted by Gasteiger charge is 2.11. The zero-order chi connectivity index (χ0) is 17.1. The molecule has 1 aliphatic heterocycles. The predicted octanol–water partition coefficient (Wildman–Crippen LogP) is 4.08. The Morgan fingerprint density at radius 2 is 1.62 bits per heavy atom. The maximum absolute atomic E-state index is 10.7. The zero-order valence-corrected chi connectivity index (χ0v) is 14.0. The summed E-state index contributed by atoms with van der Waals surface area (Å²) in [7, 11) is 4.10. The molecule has 5 heteroatoms. The number of hydrogen-bond acceptors (Lipinski definition) is 4. The van der Waals surface area contributed by atoms with Crippen LogP contribution in [0.5, 0.6) is 0 Å². The third-order valence-electron chi connectivity index (χ3n) is 4.49. The molecule has 0 spiro atoms. The van der Waals surface area contributed by atoms with Gasteiger partial charge in [0.15, 0.2) is 0 Å². The normalized spacial score (nSPS) is 15.0. The van der Waals surface area contributed by atoms with Crippen LogP contribution in [0.3, 0.4) is 0 Å². The summed E-state index contributed by atoms with van der Waals surface area (Å²) in [4.78, 5) is 14.7. The van der Waals surface area contributed by atoms with E-state index in [-0.39, 0.29) is 10.6 Å². The van der Waals surface area contributed by atoms with Crippen molar-refractivity contribution >= 4 is 22.6 Å². The van der Waals surface area contributed by atoms with Crippen LogP contribution in [-0.2, 0) is 0 Å². The lowest BCUT2D eigenvalue weighted by Gasteiger charge is -2.23. The second kappa shape index (κ2) is 6.84. The number of nitro benzene ring substituents is 1. The number of nitrogens with zero attached hydrogens (tertiary/aromatic N) is 3. The van der Waals surface area contributed by atoms with Crippen molar-refractivity contribution in [3.63, 3.8) is 0 Å². The Labute approximate surface area is 142 Å². The number of rotatable bonds is 4. The molecule has 124 valence electrons. The molecular weight excluding hydrogens is 302 g/mol. The highest BCUT2D eigenvalue weighted by molar-refractivity contribution is 5.70. The third-order valence-corrected chi connectivity index (χ3v) is 4.49. The van der Waals surface area contributed by atoms with Crippen molar-refractivity contribution in [3.8, 4) is 0 Å². The van der Waals surface area contributed by atoms with E-state index in [1.54, 1.807) is 12.1 Å². The van der Waals surface area contributed by atoms with Crippen LogP contribution in [-0.4, -0.2) is 37.0 Å². The van der Waals surface area contributed by atoms with Gasteiger partial charge >= 0.3 is 0 Å². The van der Waals surface area contributed by atoms with Gasteiger partial charge in [0, 0.05) is 43.6 Å². The molecule has 0 saturated carbocycles. The Morgan fingerprint density at radius 3 is 2.12 bits per heavy atom. The van der Waals surface area contributed by atoms with E-state index < -0.39 is 0 Å². The fraction of sp³-hybridized carbons (Fsp3) is 0.263. The van der Waals surface area contributed by atoms with E-state index in [2.05, 4.69) is 42.3 Å². The number of hydrogen-bond donors (Lipinski definition) is 0.